The Bertz CT molecular complexity index is 837. The van der Waals surface area contributed by atoms with E-state index < -0.39 is 0 Å². The van der Waals surface area contributed by atoms with Gasteiger partial charge in [-0.3, -0.25) is 9.20 Å². The molecule has 6 heteroatoms. The van der Waals surface area contributed by atoms with Crippen molar-refractivity contribution in [2.75, 3.05) is 0 Å². The zero-order chi connectivity index (χ0) is 14.8. The fourth-order valence-corrected chi connectivity index (χ4v) is 3.17. The van der Waals surface area contributed by atoms with Crippen molar-refractivity contribution in [3.8, 4) is 0 Å². The summed E-state index contributed by atoms with van der Waals surface area (Å²) in [7, 11) is 0. The highest BCUT2D eigenvalue weighted by Gasteiger charge is 2.07. The van der Waals surface area contributed by atoms with Crippen LogP contribution in [0, 0.1) is 6.92 Å². The second-order valence-corrected chi connectivity index (χ2v) is 5.67. The van der Waals surface area contributed by atoms with E-state index in [0.717, 1.165) is 23.1 Å². The summed E-state index contributed by atoms with van der Waals surface area (Å²) < 4.78 is 3.70. The van der Waals surface area contributed by atoms with Crippen molar-refractivity contribution in [2.45, 2.75) is 31.3 Å². The second-order valence-electron chi connectivity index (χ2n) is 4.73. The third-order valence-corrected chi connectivity index (χ3v) is 4.34. The predicted molar refractivity (Wildman–Crippen MR) is 83.7 cm³/mol. The molecule has 0 saturated carbocycles. The van der Waals surface area contributed by atoms with E-state index in [9.17, 15) is 4.79 Å². The van der Waals surface area contributed by atoms with E-state index in [-0.39, 0.29) is 5.56 Å². The fraction of sp³-hybridized carbons (Fsp3) is 0.267. The van der Waals surface area contributed by atoms with Crippen molar-refractivity contribution in [1.82, 2.24) is 18.9 Å². The highest BCUT2D eigenvalue weighted by Crippen LogP contribution is 2.20. The third-order valence-electron chi connectivity index (χ3n) is 3.30. The molecule has 0 N–H and O–H groups in total. The van der Waals surface area contributed by atoms with Crippen molar-refractivity contribution in [3.63, 3.8) is 0 Å². The van der Waals surface area contributed by atoms with E-state index in [1.807, 2.05) is 31.3 Å². The molecule has 5 nitrogen and oxygen atoms in total. The van der Waals surface area contributed by atoms with E-state index in [0.29, 0.717) is 11.4 Å². The van der Waals surface area contributed by atoms with E-state index in [1.54, 1.807) is 28.4 Å². The molecule has 0 aliphatic rings. The first-order valence-electron chi connectivity index (χ1n) is 6.81. The highest BCUT2D eigenvalue weighted by atomic mass is 32.2. The minimum absolute atomic E-state index is 0.0347. The number of aromatic nitrogens is 4. The lowest BCUT2D eigenvalue weighted by atomic mass is 10.3. The van der Waals surface area contributed by atoms with Crippen LogP contribution in [0.1, 0.15) is 18.3 Å². The molecule has 3 aromatic rings. The van der Waals surface area contributed by atoms with Crippen molar-refractivity contribution in [1.29, 1.82) is 0 Å². The second kappa shape index (κ2) is 5.73. The number of hydrogen-bond donors (Lipinski definition) is 0. The number of thioether (sulfide) groups is 1. The van der Waals surface area contributed by atoms with Gasteiger partial charge in [-0.2, -0.15) is 0 Å². The Morgan fingerprint density at radius 1 is 1.33 bits per heavy atom. The maximum atomic E-state index is 12.2. The van der Waals surface area contributed by atoms with Gasteiger partial charge in [-0.05, 0) is 26.0 Å². The SMILES string of the molecule is CCn1ccnc1SCc1cc(=O)n2c(C)cccc2n1. The molecular weight excluding hydrogens is 284 g/mol. The smallest absolute Gasteiger partial charge is 0.258 e. The molecule has 3 aromatic heterocycles. The summed E-state index contributed by atoms with van der Waals surface area (Å²) in [5.74, 6) is 0.636. The van der Waals surface area contributed by atoms with E-state index >= 15 is 0 Å². The normalized spacial score (nSPS) is 11.1. The molecule has 3 rings (SSSR count). The Hall–Kier alpha value is -2.08. The molecule has 0 saturated heterocycles. The first-order chi connectivity index (χ1) is 10.2. The van der Waals surface area contributed by atoms with Gasteiger partial charge in [-0.25, -0.2) is 9.97 Å². The molecular formula is C15H16N4OS. The van der Waals surface area contributed by atoms with Gasteiger partial charge in [0.25, 0.3) is 5.56 Å². The summed E-state index contributed by atoms with van der Waals surface area (Å²) in [5.41, 5.74) is 2.33. The van der Waals surface area contributed by atoms with Crippen LogP contribution in [0.2, 0.25) is 0 Å². The van der Waals surface area contributed by atoms with E-state index in [1.165, 1.54) is 0 Å². The van der Waals surface area contributed by atoms with Crippen molar-refractivity contribution >= 4 is 17.4 Å². The van der Waals surface area contributed by atoms with Gasteiger partial charge in [0.1, 0.15) is 5.65 Å². The summed E-state index contributed by atoms with van der Waals surface area (Å²) in [6.45, 7) is 4.87. The van der Waals surface area contributed by atoms with Crippen LogP contribution in [0.5, 0.6) is 0 Å². The zero-order valence-electron chi connectivity index (χ0n) is 12.0. The third kappa shape index (κ3) is 2.71. The monoisotopic (exact) mass is 300 g/mol. The summed E-state index contributed by atoms with van der Waals surface area (Å²) in [4.78, 5) is 21.1. The van der Waals surface area contributed by atoms with Gasteiger partial charge in [0.05, 0.1) is 5.69 Å². The molecule has 21 heavy (non-hydrogen) atoms. The Labute approximate surface area is 126 Å². The van der Waals surface area contributed by atoms with Crippen LogP contribution < -0.4 is 5.56 Å². The lowest BCUT2D eigenvalue weighted by molar-refractivity contribution is 0.681. The van der Waals surface area contributed by atoms with Gasteiger partial charge in [-0.15, -0.1) is 0 Å². The summed E-state index contributed by atoms with van der Waals surface area (Å²) in [5, 5.41) is 0.948. The van der Waals surface area contributed by atoms with Gasteiger partial charge < -0.3 is 4.57 Å². The standard InChI is InChI=1S/C15H16N4OS/c1-3-18-8-7-16-15(18)21-10-12-9-14(20)19-11(2)5-4-6-13(19)17-12/h4-9H,3,10H2,1-2H3. The van der Waals surface area contributed by atoms with Gasteiger partial charge in [0, 0.05) is 36.5 Å². The van der Waals surface area contributed by atoms with E-state index in [2.05, 4.69) is 21.5 Å². The minimum atomic E-state index is -0.0347. The largest absolute Gasteiger partial charge is 0.326 e. The van der Waals surface area contributed by atoms with Gasteiger partial charge in [-0.1, -0.05) is 17.8 Å². The van der Waals surface area contributed by atoms with E-state index in [4.69, 9.17) is 0 Å². The van der Waals surface area contributed by atoms with Crippen LogP contribution in [-0.4, -0.2) is 18.9 Å². The highest BCUT2D eigenvalue weighted by molar-refractivity contribution is 7.98. The summed E-state index contributed by atoms with van der Waals surface area (Å²) in [6.07, 6.45) is 3.74. The van der Waals surface area contributed by atoms with Crippen molar-refractivity contribution in [3.05, 3.63) is 58.4 Å². The van der Waals surface area contributed by atoms with Gasteiger partial charge in [0.2, 0.25) is 0 Å². The molecule has 3 heterocycles. The number of imidazole rings is 1. The molecule has 0 spiro atoms. The topological polar surface area (TPSA) is 52.2 Å². The molecule has 0 amide bonds. The number of hydrogen-bond acceptors (Lipinski definition) is 4. The molecule has 0 aliphatic heterocycles. The average Bonchev–Trinajstić information content (AvgIpc) is 2.92. The van der Waals surface area contributed by atoms with Crippen LogP contribution in [0.3, 0.4) is 0 Å². The lowest BCUT2D eigenvalue weighted by Gasteiger charge is -2.07. The average molecular weight is 300 g/mol. The summed E-state index contributed by atoms with van der Waals surface area (Å²) in [6, 6.07) is 7.28. The number of rotatable bonds is 4. The molecule has 0 aromatic carbocycles. The predicted octanol–water partition coefficient (Wildman–Crippen LogP) is 2.51. The Kier molecular flexibility index (Phi) is 3.79. The zero-order valence-corrected chi connectivity index (χ0v) is 12.8. The van der Waals surface area contributed by atoms with Crippen LogP contribution in [-0.2, 0) is 12.3 Å². The molecule has 0 bridgehead atoms. The molecule has 0 atom stereocenters. The number of pyridine rings is 1. The number of nitrogens with zero attached hydrogens (tertiary/aromatic N) is 4. The molecule has 0 unspecified atom stereocenters. The van der Waals surface area contributed by atoms with Crippen LogP contribution in [0.4, 0.5) is 0 Å². The molecule has 108 valence electrons. The Balaban J connectivity index is 1.90. The maximum absolute atomic E-state index is 12.2. The van der Waals surface area contributed by atoms with Crippen molar-refractivity contribution < 1.29 is 0 Å². The maximum Gasteiger partial charge on any atom is 0.258 e. The first-order valence-corrected chi connectivity index (χ1v) is 7.80. The quantitative estimate of drug-likeness (QED) is 0.695. The fourth-order valence-electron chi connectivity index (χ4n) is 2.25. The molecule has 0 fully saturated rings. The van der Waals surface area contributed by atoms with Crippen LogP contribution in [0.25, 0.3) is 5.65 Å². The van der Waals surface area contributed by atoms with Crippen molar-refractivity contribution in [2.24, 2.45) is 0 Å². The van der Waals surface area contributed by atoms with Crippen LogP contribution in [0.15, 0.2) is 46.6 Å². The minimum Gasteiger partial charge on any atom is -0.326 e. The Morgan fingerprint density at radius 3 is 3.00 bits per heavy atom. The number of aryl methyl sites for hydroxylation is 2. The summed E-state index contributed by atoms with van der Waals surface area (Å²) >= 11 is 1.59. The Morgan fingerprint density at radius 2 is 2.19 bits per heavy atom. The lowest BCUT2D eigenvalue weighted by Crippen LogP contribution is -2.17. The van der Waals surface area contributed by atoms with Gasteiger partial charge in [0.15, 0.2) is 5.16 Å². The first kappa shape index (κ1) is 13.9. The molecule has 0 radical (unpaired) electrons. The number of fused-ring (bicyclic) bond motifs is 1. The molecule has 0 aliphatic carbocycles. The van der Waals surface area contributed by atoms with Crippen LogP contribution >= 0.6 is 11.8 Å². The van der Waals surface area contributed by atoms with Gasteiger partial charge >= 0.3 is 0 Å².